The average Bonchev–Trinajstić information content (AvgIpc) is 3.41. The molecule has 4 N–H and O–H groups in total. The molecule has 5 rings (SSSR count). The summed E-state index contributed by atoms with van der Waals surface area (Å²) in [5.74, 6) is 0.209. The van der Waals surface area contributed by atoms with Gasteiger partial charge in [0.1, 0.15) is 0 Å². The zero-order valence-corrected chi connectivity index (χ0v) is 20.7. The van der Waals surface area contributed by atoms with Gasteiger partial charge in [0.2, 0.25) is 11.7 Å². The molecule has 0 radical (unpaired) electrons. The van der Waals surface area contributed by atoms with Crippen molar-refractivity contribution in [3.05, 3.63) is 88.3 Å². The number of aromatic amines is 2. The first-order valence-corrected chi connectivity index (χ1v) is 12.0. The van der Waals surface area contributed by atoms with Crippen molar-refractivity contribution in [3.8, 4) is 11.4 Å². The number of para-hydroxylation sites is 1. The van der Waals surface area contributed by atoms with E-state index in [1.165, 1.54) is 12.3 Å². The van der Waals surface area contributed by atoms with Crippen LogP contribution >= 0.6 is 0 Å². The van der Waals surface area contributed by atoms with Gasteiger partial charge < -0.3 is 20.5 Å². The molecule has 3 heterocycles. The first-order valence-electron chi connectivity index (χ1n) is 12.0. The Hall–Kier alpha value is -5.13. The highest BCUT2D eigenvalue weighted by Gasteiger charge is 2.33. The Bertz CT molecular complexity index is 1560. The summed E-state index contributed by atoms with van der Waals surface area (Å²) in [4.78, 5) is 47.8. The van der Waals surface area contributed by atoms with Crippen LogP contribution < -0.4 is 21.1 Å². The van der Waals surface area contributed by atoms with Crippen molar-refractivity contribution in [2.24, 2.45) is 10.9 Å². The van der Waals surface area contributed by atoms with E-state index in [0.29, 0.717) is 46.1 Å². The number of rotatable bonds is 6. The molecule has 0 spiro atoms. The van der Waals surface area contributed by atoms with Gasteiger partial charge in [-0.1, -0.05) is 44.2 Å². The number of tetrazole rings is 1. The maximum Gasteiger partial charge on any atom is 0.321 e. The van der Waals surface area contributed by atoms with E-state index in [-0.39, 0.29) is 17.4 Å². The summed E-state index contributed by atoms with van der Waals surface area (Å²) in [6.45, 7) is 4.43. The van der Waals surface area contributed by atoms with Crippen molar-refractivity contribution >= 4 is 29.0 Å². The number of urea groups is 1. The largest absolute Gasteiger partial charge is 0.329 e. The number of nitrogens with one attached hydrogen (secondary N) is 4. The highest BCUT2D eigenvalue weighted by Crippen LogP contribution is 2.28. The maximum absolute atomic E-state index is 13.8. The first kappa shape index (κ1) is 24.6. The summed E-state index contributed by atoms with van der Waals surface area (Å²) in [5, 5.41) is 19.1. The van der Waals surface area contributed by atoms with Crippen LogP contribution in [0.2, 0.25) is 0 Å². The smallest absolute Gasteiger partial charge is 0.321 e. The summed E-state index contributed by atoms with van der Waals surface area (Å²) >= 11 is 0. The predicted molar refractivity (Wildman–Crippen MR) is 142 cm³/mol. The van der Waals surface area contributed by atoms with Crippen LogP contribution in [0.25, 0.3) is 11.4 Å². The molecule has 2 aromatic carbocycles. The Morgan fingerprint density at radius 3 is 2.66 bits per heavy atom. The van der Waals surface area contributed by atoms with Crippen LogP contribution in [0.5, 0.6) is 0 Å². The van der Waals surface area contributed by atoms with E-state index in [4.69, 9.17) is 0 Å². The van der Waals surface area contributed by atoms with E-state index in [2.05, 4.69) is 41.2 Å². The number of carbonyl (C=O) groups excluding carboxylic acids is 2. The Labute approximate surface area is 217 Å². The molecule has 0 aliphatic carbocycles. The lowest BCUT2D eigenvalue weighted by Gasteiger charge is -2.27. The number of fused-ring (bicyclic) bond motifs is 1. The van der Waals surface area contributed by atoms with Gasteiger partial charge in [-0.3, -0.25) is 9.59 Å². The second-order valence-corrected chi connectivity index (χ2v) is 9.11. The van der Waals surface area contributed by atoms with Gasteiger partial charge in [0.25, 0.3) is 5.91 Å². The van der Waals surface area contributed by atoms with Gasteiger partial charge in [0.15, 0.2) is 5.82 Å². The van der Waals surface area contributed by atoms with Crippen LogP contribution in [0.1, 0.15) is 25.0 Å². The average molecular weight is 512 g/mol. The third-order valence-electron chi connectivity index (χ3n) is 5.81. The number of anilines is 2. The van der Waals surface area contributed by atoms with Crippen LogP contribution in [0.4, 0.5) is 16.2 Å². The third kappa shape index (κ3) is 5.19. The Morgan fingerprint density at radius 2 is 1.89 bits per heavy atom. The maximum atomic E-state index is 13.8. The molecule has 0 fully saturated rings. The van der Waals surface area contributed by atoms with E-state index in [1.807, 2.05) is 38.1 Å². The molecular weight excluding hydrogens is 486 g/mol. The molecule has 12 heteroatoms. The number of aliphatic imine (C=N–C) groups is 1. The summed E-state index contributed by atoms with van der Waals surface area (Å²) in [6, 6.07) is 16.8. The van der Waals surface area contributed by atoms with Crippen molar-refractivity contribution in [2.45, 2.75) is 20.0 Å². The minimum Gasteiger partial charge on any atom is -0.329 e. The Balaban J connectivity index is 1.49. The predicted octanol–water partition coefficient (Wildman–Crippen LogP) is 2.54. The standard InChI is InChI=1S/C26H25N9O3/c1-15(2)14-35-20-9-4-3-8-19(20)22(16-10-11-27-21(36)13-16)29-24(25(35)37)30-26(38)28-18-7-5-6-17(12-18)23-31-33-34-32-23/h3-13,15,24H,14H2,1-2H3,(H,27,36)(H2,28,30,38)(H,31,32,33,34)/t24-/m0/s1. The lowest BCUT2D eigenvalue weighted by atomic mass is 10.0. The van der Waals surface area contributed by atoms with Gasteiger partial charge in [-0.15, -0.1) is 5.10 Å². The zero-order valence-electron chi connectivity index (χ0n) is 20.7. The van der Waals surface area contributed by atoms with Gasteiger partial charge in [-0.25, -0.2) is 14.9 Å². The topological polar surface area (TPSA) is 161 Å². The minimum absolute atomic E-state index is 0.149. The SMILES string of the molecule is CC(C)CN1C(=O)[C@H](NC(=O)Nc2cccc(-c3nnn[nH]3)c2)N=C(c2cc[nH]c(=O)c2)c2ccccc21. The fraction of sp³-hybridized carbons (Fsp3) is 0.192. The molecule has 0 bridgehead atoms. The van der Waals surface area contributed by atoms with Crippen LogP contribution in [-0.4, -0.2) is 56.0 Å². The Kier molecular flexibility index (Phi) is 6.76. The van der Waals surface area contributed by atoms with Gasteiger partial charge in [0, 0.05) is 41.2 Å². The summed E-state index contributed by atoms with van der Waals surface area (Å²) < 4.78 is 0. The van der Waals surface area contributed by atoms with E-state index in [1.54, 1.807) is 35.2 Å². The van der Waals surface area contributed by atoms with Crippen LogP contribution in [0.15, 0.2) is 76.6 Å². The van der Waals surface area contributed by atoms with Gasteiger partial charge in [0.05, 0.1) is 11.4 Å². The summed E-state index contributed by atoms with van der Waals surface area (Å²) in [6.07, 6.45) is 0.283. The molecule has 1 aliphatic rings. The monoisotopic (exact) mass is 511 g/mol. The molecule has 0 saturated heterocycles. The number of nitrogens with zero attached hydrogens (tertiary/aromatic N) is 5. The fourth-order valence-electron chi connectivity index (χ4n) is 4.22. The number of pyridine rings is 1. The van der Waals surface area contributed by atoms with E-state index in [0.717, 1.165) is 0 Å². The molecule has 0 unspecified atom stereocenters. The van der Waals surface area contributed by atoms with E-state index in [9.17, 15) is 14.4 Å². The second kappa shape index (κ2) is 10.5. The molecule has 2 aromatic heterocycles. The lowest BCUT2D eigenvalue weighted by molar-refractivity contribution is -0.120. The van der Waals surface area contributed by atoms with E-state index >= 15 is 0 Å². The molecular formula is C26H25N9O3. The van der Waals surface area contributed by atoms with Crippen molar-refractivity contribution in [3.63, 3.8) is 0 Å². The van der Waals surface area contributed by atoms with Crippen LogP contribution in [0.3, 0.4) is 0 Å². The van der Waals surface area contributed by atoms with E-state index < -0.39 is 12.2 Å². The van der Waals surface area contributed by atoms with Crippen molar-refractivity contribution in [1.29, 1.82) is 0 Å². The molecule has 4 aromatic rings. The quantitative estimate of drug-likeness (QED) is 0.311. The first-order chi connectivity index (χ1) is 18.4. The molecule has 12 nitrogen and oxygen atoms in total. The second-order valence-electron chi connectivity index (χ2n) is 9.11. The molecule has 0 saturated carbocycles. The number of carbonyl (C=O) groups is 2. The number of benzene rings is 2. The minimum atomic E-state index is -1.24. The third-order valence-corrected chi connectivity index (χ3v) is 5.81. The van der Waals surface area contributed by atoms with Crippen molar-refractivity contribution in [2.75, 3.05) is 16.8 Å². The van der Waals surface area contributed by atoms with Gasteiger partial charge in [-0.2, -0.15) is 0 Å². The lowest BCUT2D eigenvalue weighted by Crippen LogP contribution is -2.49. The number of hydrogen-bond acceptors (Lipinski definition) is 7. The Morgan fingerprint density at radius 1 is 1.05 bits per heavy atom. The van der Waals surface area contributed by atoms with Crippen molar-refractivity contribution in [1.82, 2.24) is 30.9 Å². The summed E-state index contributed by atoms with van der Waals surface area (Å²) in [5.41, 5.74) is 3.14. The van der Waals surface area contributed by atoms with Gasteiger partial charge >= 0.3 is 6.03 Å². The van der Waals surface area contributed by atoms with Crippen LogP contribution in [0, 0.1) is 5.92 Å². The normalized spacial score (nSPS) is 15.0. The summed E-state index contributed by atoms with van der Waals surface area (Å²) in [7, 11) is 0. The van der Waals surface area contributed by atoms with Crippen LogP contribution in [-0.2, 0) is 4.79 Å². The highest BCUT2D eigenvalue weighted by molar-refractivity contribution is 6.20. The molecule has 3 amide bonds. The molecule has 38 heavy (non-hydrogen) atoms. The number of hydrogen-bond donors (Lipinski definition) is 4. The number of amides is 3. The highest BCUT2D eigenvalue weighted by atomic mass is 16.2. The zero-order chi connectivity index (χ0) is 26.6. The number of H-pyrrole nitrogens is 2. The number of benzodiazepines with no additional fused rings is 1. The van der Waals surface area contributed by atoms with Gasteiger partial charge in [-0.05, 0) is 40.6 Å². The molecule has 1 aliphatic heterocycles. The fourth-order valence-corrected chi connectivity index (χ4v) is 4.22. The molecule has 1 atom stereocenters. The number of aromatic nitrogens is 5. The molecule has 192 valence electrons. The van der Waals surface area contributed by atoms with Crippen molar-refractivity contribution < 1.29 is 9.59 Å².